The van der Waals surface area contributed by atoms with Gasteiger partial charge in [-0.3, -0.25) is 9.59 Å². The third-order valence-corrected chi connectivity index (χ3v) is 6.34. The van der Waals surface area contributed by atoms with E-state index in [1.807, 2.05) is 62.4 Å². The van der Waals surface area contributed by atoms with E-state index in [0.29, 0.717) is 6.54 Å². The number of nitrogens with zero attached hydrogens (tertiary/aromatic N) is 1. The van der Waals surface area contributed by atoms with Crippen molar-refractivity contribution in [3.63, 3.8) is 0 Å². The molecule has 2 rings (SSSR count). The highest BCUT2D eigenvalue weighted by molar-refractivity contribution is 5.92. The Balaban J connectivity index is 2.53. The molecule has 39 heavy (non-hydrogen) atoms. The van der Waals surface area contributed by atoms with E-state index >= 15 is 0 Å². The van der Waals surface area contributed by atoms with Gasteiger partial charge in [-0.2, -0.15) is 0 Å². The molecule has 0 aliphatic carbocycles. The molecule has 7 heteroatoms. The van der Waals surface area contributed by atoms with Gasteiger partial charge in [-0.25, -0.2) is 4.79 Å². The van der Waals surface area contributed by atoms with Gasteiger partial charge < -0.3 is 20.3 Å². The Morgan fingerprint density at radius 3 is 2.21 bits per heavy atom. The highest BCUT2D eigenvalue weighted by Gasteiger charge is 2.37. The SMILES string of the molecule is C=CCN(C(=O)C(Cc1ccccc1)NC(=O)OC(C)(C)C)C(C(=O)NCCCCC)c1c(C)cccc1C. The fourth-order valence-corrected chi connectivity index (χ4v) is 4.53. The van der Waals surface area contributed by atoms with Crippen LogP contribution in [0, 0.1) is 13.8 Å². The van der Waals surface area contributed by atoms with Crippen LogP contribution in [0.4, 0.5) is 4.79 Å². The zero-order valence-electron chi connectivity index (χ0n) is 24.4. The molecule has 2 atom stereocenters. The zero-order chi connectivity index (χ0) is 29.0. The third kappa shape index (κ3) is 9.89. The third-order valence-electron chi connectivity index (χ3n) is 6.34. The van der Waals surface area contributed by atoms with Crippen molar-refractivity contribution in [2.45, 2.75) is 84.9 Å². The van der Waals surface area contributed by atoms with Gasteiger partial charge >= 0.3 is 6.09 Å². The molecule has 7 nitrogen and oxygen atoms in total. The Labute approximate surface area is 234 Å². The van der Waals surface area contributed by atoms with Gasteiger partial charge in [-0.1, -0.05) is 74.4 Å². The number of unbranched alkanes of at least 4 members (excludes halogenated alkanes) is 2. The molecule has 0 saturated heterocycles. The van der Waals surface area contributed by atoms with E-state index in [9.17, 15) is 14.4 Å². The lowest BCUT2D eigenvalue weighted by Crippen LogP contribution is -2.54. The van der Waals surface area contributed by atoms with Crippen molar-refractivity contribution in [3.05, 3.63) is 83.4 Å². The van der Waals surface area contributed by atoms with Crippen LogP contribution < -0.4 is 10.6 Å². The minimum atomic E-state index is -0.957. The highest BCUT2D eigenvalue weighted by Crippen LogP contribution is 2.29. The molecule has 2 aromatic carbocycles. The van der Waals surface area contributed by atoms with Gasteiger partial charge in [0.25, 0.3) is 0 Å². The number of hydrogen-bond acceptors (Lipinski definition) is 4. The van der Waals surface area contributed by atoms with Gasteiger partial charge in [0.1, 0.15) is 17.7 Å². The fourth-order valence-electron chi connectivity index (χ4n) is 4.53. The summed E-state index contributed by atoms with van der Waals surface area (Å²) in [6.07, 6.45) is 4.05. The van der Waals surface area contributed by atoms with Crippen LogP contribution >= 0.6 is 0 Å². The van der Waals surface area contributed by atoms with Gasteiger partial charge in [-0.05, 0) is 63.3 Å². The van der Waals surface area contributed by atoms with E-state index in [2.05, 4.69) is 24.1 Å². The van der Waals surface area contributed by atoms with Crippen LogP contribution in [-0.2, 0) is 20.7 Å². The summed E-state index contributed by atoms with van der Waals surface area (Å²) in [6, 6.07) is 13.4. The molecule has 0 aliphatic rings. The molecular formula is C32H45N3O4. The van der Waals surface area contributed by atoms with Crippen molar-refractivity contribution in [2.75, 3.05) is 13.1 Å². The second-order valence-electron chi connectivity index (χ2n) is 10.9. The summed E-state index contributed by atoms with van der Waals surface area (Å²) in [7, 11) is 0. The van der Waals surface area contributed by atoms with Crippen LogP contribution in [0.25, 0.3) is 0 Å². The maximum absolute atomic E-state index is 14.3. The number of ether oxygens (including phenoxy) is 1. The van der Waals surface area contributed by atoms with Crippen molar-refractivity contribution < 1.29 is 19.1 Å². The van der Waals surface area contributed by atoms with Gasteiger partial charge in [0, 0.05) is 19.5 Å². The number of rotatable bonds is 13. The zero-order valence-corrected chi connectivity index (χ0v) is 24.4. The molecule has 0 aromatic heterocycles. The number of benzene rings is 2. The lowest BCUT2D eigenvalue weighted by Gasteiger charge is -2.35. The topological polar surface area (TPSA) is 87.7 Å². The number of nitrogens with one attached hydrogen (secondary N) is 2. The van der Waals surface area contributed by atoms with Crippen molar-refractivity contribution in [2.24, 2.45) is 0 Å². The summed E-state index contributed by atoms with van der Waals surface area (Å²) >= 11 is 0. The molecule has 0 radical (unpaired) electrons. The molecule has 0 aliphatic heterocycles. The van der Waals surface area contributed by atoms with Crippen LogP contribution in [0.2, 0.25) is 0 Å². The van der Waals surface area contributed by atoms with Gasteiger partial charge in [0.05, 0.1) is 0 Å². The van der Waals surface area contributed by atoms with Gasteiger partial charge in [0.15, 0.2) is 0 Å². The lowest BCUT2D eigenvalue weighted by atomic mass is 9.93. The summed E-state index contributed by atoms with van der Waals surface area (Å²) < 4.78 is 5.48. The first-order valence-electron chi connectivity index (χ1n) is 13.8. The first kappa shape index (κ1) is 31.6. The van der Waals surface area contributed by atoms with Crippen molar-refractivity contribution >= 4 is 17.9 Å². The normalized spacial score (nSPS) is 12.7. The average molecular weight is 536 g/mol. The first-order chi connectivity index (χ1) is 18.5. The van der Waals surface area contributed by atoms with Crippen LogP contribution in [-0.4, -0.2) is 47.5 Å². The molecular weight excluding hydrogens is 490 g/mol. The maximum Gasteiger partial charge on any atom is 0.408 e. The number of amides is 3. The minimum absolute atomic E-state index is 0.126. The monoisotopic (exact) mass is 535 g/mol. The molecule has 0 saturated carbocycles. The van der Waals surface area contributed by atoms with Crippen molar-refractivity contribution in [1.82, 2.24) is 15.5 Å². The predicted octanol–water partition coefficient (Wildman–Crippen LogP) is 5.80. The Bertz CT molecular complexity index is 1090. The molecule has 0 bridgehead atoms. The summed E-state index contributed by atoms with van der Waals surface area (Å²) in [5.74, 6) is -0.643. The van der Waals surface area contributed by atoms with Crippen molar-refractivity contribution in [3.8, 4) is 0 Å². The Morgan fingerprint density at radius 1 is 1.00 bits per heavy atom. The quantitative estimate of drug-likeness (QED) is 0.251. The van der Waals surface area contributed by atoms with E-state index < -0.39 is 23.8 Å². The van der Waals surface area contributed by atoms with Crippen LogP contribution in [0.3, 0.4) is 0 Å². The Hall–Kier alpha value is -3.61. The first-order valence-corrected chi connectivity index (χ1v) is 13.8. The molecule has 0 spiro atoms. The summed E-state index contributed by atoms with van der Waals surface area (Å²) in [6.45, 7) is 15.8. The van der Waals surface area contributed by atoms with Crippen LogP contribution in [0.15, 0.2) is 61.2 Å². The molecule has 2 N–H and O–H groups in total. The minimum Gasteiger partial charge on any atom is -0.444 e. The fraction of sp³-hybridized carbons (Fsp3) is 0.469. The van der Waals surface area contributed by atoms with E-state index in [1.165, 1.54) is 4.90 Å². The maximum atomic E-state index is 14.3. The molecule has 2 unspecified atom stereocenters. The number of alkyl carbamates (subject to hydrolysis) is 1. The molecule has 0 fully saturated rings. The van der Waals surface area contributed by atoms with Gasteiger partial charge in [-0.15, -0.1) is 6.58 Å². The molecule has 3 amide bonds. The number of carbonyl (C=O) groups excluding carboxylic acids is 3. The van der Waals surface area contributed by atoms with Crippen LogP contribution in [0.1, 0.15) is 75.3 Å². The van der Waals surface area contributed by atoms with E-state index in [0.717, 1.165) is 41.5 Å². The second kappa shape index (κ2) is 15.1. The summed E-state index contributed by atoms with van der Waals surface area (Å²) in [5.41, 5.74) is 2.73. The Morgan fingerprint density at radius 2 is 1.64 bits per heavy atom. The molecule has 212 valence electrons. The lowest BCUT2D eigenvalue weighted by molar-refractivity contribution is -0.141. The molecule has 0 heterocycles. The second-order valence-corrected chi connectivity index (χ2v) is 10.9. The largest absolute Gasteiger partial charge is 0.444 e. The van der Waals surface area contributed by atoms with Crippen molar-refractivity contribution in [1.29, 1.82) is 0 Å². The number of hydrogen-bond donors (Lipinski definition) is 2. The Kier molecular flexibility index (Phi) is 12.2. The van der Waals surface area contributed by atoms with Crippen LogP contribution in [0.5, 0.6) is 0 Å². The summed E-state index contributed by atoms with van der Waals surface area (Å²) in [4.78, 5) is 42.4. The van der Waals surface area contributed by atoms with Gasteiger partial charge in [0.2, 0.25) is 11.8 Å². The average Bonchev–Trinajstić information content (AvgIpc) is 2.86. The van der Waals surface area contributed by atoms with E-state index in [4.69, 9.17) is 4.74 Å². The van der Waals surface area contributed by atoms with E-state index in [-0.39, 0.29) is 24.8 Å². The predicted molar refractivity (Wildman–Crippen MR) is 156 cm³/mol. The van der Waals surface area contributed by atoms with E-state index in [1.54, 1.807) is 26.8 Å². The smallest absolute Gasteiger partial charge is 0.408 e. The number of carbonyl (C=O) groups is 3. The highest BCUT2D eigenvalue weighted by atomic mass is 16.6. The standard InChI is InChI=1S/C32H45N3O4/c1-8-10-14-20-33-29(36)28(27-23(3)16-15-17-24(27)4)35(21-9-2)30(37)26(22-25-18-12-11-13-19-25)34-31(38)39-32(5,6)7/h9,11-13,15-19,26,28H,2,8,10,14,20-22H2,1,3-7H3,(H,33,36)(H,34,38). The summed E-state index contributed by atoms with van der Waals surface area (Å²) in [5, 5.41) is 5.82. The molecule has 2 aromatic rings. The number of aryl methyl sites for hydroxylation is 2.